The number of carbonyl (C=O) groups excluding carboxylic acids is 2. The van der Waals surface area contributed by atoms with Crippen LogP contribution in [0.2, 0.25) is 5.02 Å². The lowest BCUT2D eigenvalue weighted by atomic mass is 9.89. The minimum atomic E-state index is -0.636. The summed E-state index contributed by atoms with van der Waals surface area (Å²) in [6.45, 7) is 5.46. The van der Waals surface area contributed by atoms with Crippen LogP contribution in [0.5, 0.6) is 5.75 Å². The number of para-hydroxylation sites is 1. The fraction of sp³-hybridized carbons (Fsp3) is 0.280. The normalized spacial score (nSPS) is 20.0. The van der Waals surface area contributed by atoms with E-state index in [2.05, 4.69) is 0 Å². The van der Waals surface area contributed by atoms with Gasteiger partial charge in [0.2, 0.25) is 0 Å². The number of halogens is 1. The molecular weight excluding hydrogens is 430 g/mol. The second-order valence-electron chi connectivity index (χ2n) is 8.96. The van der Waals surface area contributed by atoms with E-state index >= 15 is 0 Å². The zero-order chi connectivity index (χ0) is 22.6. The van der Waals surface area contributed by atoms with Crippen LogP contribution in [0, 0.1) is 0 Å². The van der Waals surface area contributed by atoms with Crippen molar-refractivity contribution < 1.29 is 23.8 Å². The van der Waals surface area contributed by atoms with E-state index in [1.807, 2.05) is 32.9 Å². The maximum absolute atomic E-state index is 12.9. The number of rotatable bonds is 1. The van der Waals surface area contributed by atoms with Crippen molar-refractivity contribution in [1.29, 1.82) is 0 Å². The highest BCUT2D eigenvalue weighted by Gasteiger charge is 2.38. The number of ether oxygens (including phenoxy) is 3. The number of hydrogen-bond acceptors (Lipinski definition) is 5. The van der Waals surface area contributed by atoms with Gasteiger partial charge in [-0.05, 0) is 51.1 Å². The quantitative estimate of drug-likeness (QED) is 0.449. The highest BCUT2D eigenvalue weighted by atomic mass is 35.5. The standard InChI is InChI=1S/C25H22ClNO5/c1-25(2,3)32-24(29)27-12-17(16-10-14(26)8-9-19(16)27)21-11-22-18(13-30-21)23(28)15-6-4-5-7-20(15)31-22/h4-10,12-13,21-22H,11H2,1-3H3. The zero-order valence-corrected chi connectivity index (χ0v) is 18.7. The van der Waals surface area contributed by atoms with Gasteiger partial charge < -0.3 is 14.2 Å². The number of ketones is 1. The Kier molecular flexibility index (Phi) is 4.78. The summed E-state index contributed by atoms with van der Waals surface area (Å²) in [5.41, 5.74) is 1.84. The van der Waals surface area contributed by atoms with E-state index in [9.17, 15) is 9.59 Å². The average Bonchev–Trinajstić information content (AvgIpc) is 3.11. The van der Waals surface area contributed by atoms with Gasteiger partial charge in [-0.1, -0.05) is 23.7 Å². The number of hydrogen-bond donors (Lipinski definition) is 0. The first-order chi connectivity index (χ1) is 15.2. The van der Waals surface area contributed by atoms with E-state index in [0.717, 1.165) is 10.9 Å². The van der Waals surface area contributed by atoms with Crippen LogP contribution in [-0.2, 0) is 9.47 Å². The molecule has 164 valence electrons. The van der Waals surface area contributed by atoms with Crippen molar-refractivity contribution in [3.8, 4) is 5.75 Å². The van der Waals surface area contributed by atoms with Crippen LogP contribution in [0.3, 0.4) is 0 Å². The van der Waals surface area contributed by atoms with E-state index in [1.54, 1.807) is 36.5 Å². The molecule has 5 rings (SSSR count). The predicted octanol–water partition coefficient (Wildman–Crippen LogP) is 6.07. The monoisotopic (exact) mass is 451 g/mol. The van der Waals surface area contributed by atoms with Gasteiger partial charge in [0.25, 0.3) is 0 Å². The van der Waals surface area contributed by atoms with Gasteiger partial charge in [-0.25, -0.2) is 4.79 Å². The van der Waals surface area contributed by atoms with Crippen LogP contribution in [-0.4, -0.2) is 28.1 Å². The summed E-state index contributed by atoms with van der Waals surface area (Å²) in [6.07, 6.45) is 2.28. The van der Waals surface area contributed by atoms with E-state index < -0.39 is 23.9 Å². The molecule has 6 nitrogen and oxygen atoms in total. The smallest absolute Gasteiger partial charge is 0.419 e. The first-order valence-electron chi connectivity index (χ1n) is 10.4. The molecule has 1 aromatic heterocycles. The van der Waals surface area contributed by atoms with Crippen molar-refractivity contribution in [1.82, 2.24) is 4.57 Å². The number of aromatic nitrogens is 1. The van der Waals surface area contributed by atoms with Gasteiger partial charge in [-0.3, -0.25) is 9.36 Å². The number of nitrogens with zero attached hydrogens (tertiary/aromatic N) is 1. The second-order valence-corrected chi connectivity index (χ2v) is 9.40. The minimum absolute atomic E-state index is 0.0884. The fourth-order valence-electron chi connectivity index (χ4n) is 4.13. The lowest BCUT2D eigenvalue weighted by Crippen LogP contribution is -2.34. The molecular formula is C25H22ClNO5. The highest BCUT2D eigenvalue weighted by molar-refractivity contribution is 6.31. The predicted molar refractivity (Wildman–Crippen MR) is 120 cm³/mol. The molecule has 2 aliphatic rings. The van der Waals surface area contributed by atoms with E-state index in [4.69, 9.17) is 25.8 Å². The molecule has 0 amide bonds. The summed E-state index contributed by atoms with van der Waals surface area (Å²) in [7, 11) is 0. The summed E-state index contributed by atoms with van der Waals surface area (Å²) in [4.78, 5) is 25.7. The van der Waals surface area contributed by atoms with Crippen LogP contribution >= 0.6 is 11.6 Å². The molecule has 0 spiro atoms. The van der Waals surface area contributed by atoms with Gasteiger partial charge in [-0.2, -0.15) is 0 Å². The number of benzene rings is 2. The molecule has 7 heteroatoms. The van der Waals surface area contributed by atoms with Crippen molar-refractivity contribution in [2.45, 2.75) is 45.0 Å². The molecule has 2 aromatic carbocycles. The SMILES string of the molecule is CC(C)(C)OC(=O)n1cc(C2CC3Oc4ccccc4C(=O)C3=CO2)c2cc(Cl)ccc21. The third-order valence-electron chi connectivity index (χ3n) is 5.53. The first kappa shape index (κ1) is 20.6. The second kappa shape index (κ2) is 7.41. The van der Waals surface area contributed by atoms with Crippen molar-refractivity contribution in [2.75, 3.05) is 0 Å². The summed E-state index contributed by atoms with van der Waals surface area (Å²) >= 11 is 6.26. The lowest BCUT2D eigenvalue weighted by Gasteiger charge is -2.33. The van der Waals surface area contributed by atoms with Gasteiger partial charge in [0, 0.05) is 28.6 Å². The van der Waals surface area contributed by atoms with Crippen LogP contribution in [0.15, 0.2) is 60.5 Å². The summed E-state index contributed by atoms with van der Waals surface area (Å²) in [6, 6.07) is 12.5. The summed E-state index contributed by atoms with van der Waals surface area (Å²) < 4.78 is 19.1. The maximum Gasteiger partial charge on any atom is 0.419 e. The minimum Gasteiger partial charge on any atom is -0.493 e. The molecule has 0 N–H and O–H groups in total. The van der Waals surface area contributed by atoms with Gasteiger partial charge >= 0.3 is 6.09 Å². The molecule has 3 heterocycles. The van der Waals surface area contributed by atoms with Gasteiger partial charge in [-0.15, -0.1) is 0 Å². The number of Topliss-reactive ketones (excluding diaryl/α,β-unsaturated/α-hetero) is 1. The van der Waals surface area contributed by atoms with Crippen LogP contribution in [0.1, 0.15) is 49.2 Å². The molecule has 0 radical (unpaired) electrons. The molecule has 32 heavy (non-hydrogen) atoms. The van der Waals surface area contributed by atoms with Crippen LogP contribution in [0.25, 0.3) is 10.9 Å². The van der Waals surface area contributed by atoms with E-state index in [1.165, 1.54) is 10.8 Å². The molecule has 0 saturated heterocycles. The number of fused-ring (bicyclic) bond motifs is 3. The average molecular weight is 452 g/mol. The molecule has 2 unspecified atom stereocenters. The van der Waals surface area contributed by atoms with Crippen molar-refractivity contribution in [3.05, 3.63) is 76.6 Å². The molecule has 3 aromatic rings. The van der Waals surface area contributed by atoms with Crippen molar-refractivity contribution >= 4 is 34.4 Å². The Bertz CT molecular complexity index is 1280. The Morgan fingerprint density at radius 1 is 1.16 bits per heavy atom. The topological polar surface area (TPSA) is 66.8 Å². The van der Waals surface area contributed by atoms with Gasteiger partial charge in [0.1, 0.15) is 23.6 Å². The molecule has 0 fully saturated rings. The van der Waals surface area contributed by atoms with Crippen molar-refractivity contribution in [2.24, 2.45) is 0 Å². The van der Waals surface area contributed by atoms with Gasteiger partial charge in [0.15, 0.2) is 5.78 Å². The third-order valence-corrected chi connectivity index (χ3v) is 5.77. The van der Waals surface area contributed by atoms with Crippen molar-refractivity contribution in [3.63, 3.8) is 0 Å². The summed E-state index contributed by atoms with van der Waals surface area (Å²) in [5.74, 6) is 0.481. The van der Waals surface area contributed by atoms with Crippen LogP contribution in [0.4, 0.5) is 4.79 Å². The first-order valence-corrected chi connectivity index (χ1v) is 10.8. The Labute approximate surface area is 190 Å². The fourth-order valence-corrected chi connectivity index (χ4v) is 4.30. The largest absolute Gasteiger partial charge is 0.493 e. The zero-order valence-electron chi connectivity index (χ0n) is 17.9. The van der Waals surface area contributed by atoms with Crippen LogP contribution < -0.4 is 4.74 Å². The Balaban J connectivity index is 1.53. The molecule has 2 atom stereocenters. The maximum atomic E-state index is 12.9. The Hall–Kier alpha value is -3.25. The third kappa shape index (κ3) is 3.54. The Morgan fingerprint density at radius 2 is 1.94 bits per heavy atom. The summed E-state index contributed by atoms with van der Waals surface area (Å²) in [5, 5.41) is 1.33. The molecule has 0 bridgehead atoms. The van der Waals surface area contributed by atoms with E-state index in [-0.39, 0.29) is 5.78 Å². The number of carbonyl (C=O) groups is 2. The Morgan fingerprint density at radius 3 is 2.72 bits per heavy atom. The highest BCUT2D eigenvalue weighted by Crippen LogP contribution is 2.41. The van der Waals surface area contributed by atoms with Gasteiger partial charge in [0.05, 0.1) is 22.9 Å². The molecule has 0 aliphatic carbocycles. The molecule has 2 aliphatic heterocycles. The lowest BCUT2D eigenvalue weighted by molar-refractivity contribution is 0.0531. The molecule has 0 saturated carbocycles. The van der Waals surface area contributed by atoms with E-state index in [0.29, 0.717) is 33.8 Å².